The molecule has 2 aliphatic carbocycles. The number of carbonyl (C=O) groups excluding carboxylic acids is 2. The van der Waals surface area contributed by atoms with E-state index in [4.69, 9.17) is 0 Å². The number of carbonyl (C=O) groups is 2. The summed E-state index contributed by atoms with van der Waals surface area (Å²) in [6, 6.07) is 0.0868. The lowest BCUT2D eigenvalue weighted by Gasteiger charge is -2.22. The van der Waals surface area contributed by atoms with Crippen LogP contribution in [0.4, 0.5) is 0 Å². The van der Waals surface area contributed by atoms with Crippen molar-refractivity contribution in [1.29, 1.82) is 0 Å². The summed E-state index contributed by atoms with van der Waals surface area (Å²) >= 11 is 0. The lowest BCUT2D eigenvalue weighted by atomic mass is 9.95. The first-order valence-corrected chi connectivity index (χ1v) is 11.4. The Morgan fingerprint density at radius 1 is 0.688 bits per heavy atom. The molecule has 168 valence electrons. The minimum atomic E-state index is -0.602. The van der Waals surface area contributed by atoms with Gasteiger partial charge >= 0.3 is 0 Å². The van der Waals surface area contributed by atoms with Gasteiger partial charge in [0.05, 0.1) is 0 Å². The molecule has 0 spiro atoms. The second-order valence-corrected chi connectivity index (χ2v) is 8.85. The van der Waals surface area contributed by atoms with Crippen LogP contribution >= 0.6 is 0 Å². The Bertz CT molecular complexity index is 1180. The van der Waals surface area contributed by atoms with Crippen molar-refractivity contribution in [2.24, 2.45) is 0 Å². The topological polar surface area (TPSA) is 127 Å². The molecule has 10 nitrogen and oxygen atoms in total. The highest BCUT2D eigenvalue weighted by Crippen LogP contribution is 2.19. The van der Waals surface area contributed by atoms with Crippen LogP contribution in [-0.2, 0) is 0 Å². The zero-order valence-corrected chi connectivity index (χ0v) is 17.8. The van der Waals surface area contributed by atoms with Crippen LogP contribution in [0.15, 0.2) is 22.2 Å². The van der Waals surface area contributed by atoms with Crippen LogP contribution < -0.4 is 21.8 Å². The number of nitrogens with zero attached hydrogens (tertiary/aromatic N) is 4. The average molecular weight is 438 g/mol. The van der Waals surface area contributed by atoms with E-state index in [1.165, 1.54) is 12.7 Å². The van der Waals surface area contributed by atoms with Crippen molar-refractivity contribution < 1.29 is 9.59 Å². The predicted octanol–water partition coefficient (Wildman–Crippen LogP) is 1.27. The normalized spacial score (nSPS) is 18.2. The number of nitrogens with one attached hydrogen (secondary N) is 2. The molecule has 0 radical (unpaired) electrons. The molecule has 0 bridgehead atoms. The Hall–Kier alpha value is -3.30. The fraction of sp³-hybridized carbons (Fsp3) is 0.545. The van der Waals surface area contributed by atoms with E-state index in [0.29, 0.717) is 0 Å². The van der Waals surface area contributed by atoms with E-state index in [9.17, 15) is 19.2 Å². The molecule has 2 N–H and O–H groups in total. The standard InChI is InChI=1S/C22H26N6O4/c29-19(25-13-7-3-1-4-8-13)15-17-21(31)28-12-24-16(18(28)22(32)27(17)11-23-15)20(30)26-14-9-5-2-6-10-14/h11-14H,1-10H2,(H,25,29)(H,26,30). The van der Waals surface area contributed by atoms with Crippen LogP contribution in [0.5, 0.6) is 0 Å². The van der Waals surface area contributed by atoms with E-state index in [1.54, 1.807) is 0 Å². The van der Waals surface area contributed by atoms with Gasteiger partial charge in [0.2, 0.25) is 0 Å². The Morgan fingerprint density at radius 2 is 1.06 bits per heavy atom. The number of hydrogen-bond donors (Lipinski definition) is 2. The first kappa shape index (κ1) is 20.6. The maximum absolute atomic E-state index is 13.2. The van der Waals surface area contributed by atoms with Gasteiger partial charge in [-0.15, -0.1) is 0 Å². The third-order valence-corrected chi connectivity index (χ3v) is 6.69. The highest BCUT2D eigenvalue weighted by molar-refractivity contribution is 6.01. The van der Waals surface area contributed by atoms with Crippen molar-refractivity contribution in [2.45, 2.75) is 76.3 Å². The van der Waals surface area contributed by atoms with E-state index in [-0.39, 0.29) is 34.5 Å². The Morgan fingerprint density at radius 3 is 1.44 bits per heavy atom. The molecule has 2 fully saturated rings. The summed E-state index contributed by atoms with van der Waals surface area (Å²) in [5.74, 6) is -0.934. The first-order valence-electron chi connectivity index (χ1n) is 11.4. The lowest BCUT2D eigenvalue weighted by molar-refractivity contribution is 0.0916. The van der Waals surface area contributed by atoms with Gasteiger partial charge in [-0.3, -0.25) is 28.0 Å². The fourth-order valence-corrected chi connectivity index (χ4v) is 4.98. The van der Waals surface area contributed by atoms with Crippen LogP contribution in [0.3, 0.4) is 0 Å². The molecule has 0 unspecified atom stereocenters. The van der Waals surface area contributed by atoms with Gasteiger partial charge in [0.15, 0.2) is 11.4 Å². The molecule has 5 rings (SSSR count). The molecule has 0 atom stereocenters. The van der Waals surface area contributed by atoms with Gasteiger partial charge in [-0.1, -0.05) is 38.5 Å². The number of aromatic nitrogens is 4. The van der Waals surface area contributed by atoms with E-state index < -0.39 is 22.9 Å². The number of rotatable bonds is 4. The average Bonchev–Trinajstić information content (AvgIpc) is 3.45. The summed E-state index contributed by atoms with van der Waals surface area (Å²) in [5, 5.41) is 5.86. The molecule has 0 saturated heterocycles. The summed E-state index contributed by atoms with van der Waals surface area (Å²) in [4.78, 5) is 60.1. The summed E-state index contributed by atoms with van der Waals surface area (Å²) in [6.07, 6.45) is 12.4. The van der Waals surface area contributed by atoms with Gasteiger partial charge in [0, 0.05) is 12.1 Å². The van der Waals surface area contributed by atoms with Crippen molar-refractivity contribution in [2.75, 3.05) is 0 Å². The highest BCUT2D eigenvalue weighted by atomic mass is 16.2. The Labute approximate surface area is 183 Å². The van der Waals surface area contributed by atoms with Crippen LogP contribution in [0.1, 0.15) is 85.2 Å². The number of amides is 2. The van der Waals surface area contributed by atoms with Gasteiger partial charge in [-0.2, -0.15) is 0 Å². The molecule has 3 aromatic rings. The Kier molecular flexibility index (Phi) is 5.36. The van der Waals surface area contributed by atoms with Crippen molar-refractivity contribution in [3.05, 3.63) is 44.8 Å². The van der Waals surface area contributed by atoms with Gasteiger partial charge in [0.25, 0.3) is 22.9 Å². The third-order valence-electron chi connectivity index (χ3n) is 6.69. The number of fused-ring (bicyclic) bond motifs is 2. The zero-order valence-electron chi connectivity index (χ0n) is 17.8. The molecule has 3 heterocycles. The van der Waals surface area contributed by atoms with Gasteiger partial charge in [-0.25, -0.2) is 9.97 Å². The Balaban J connectivity index is 1.51. The quantitative estimate of drug-likeness (QED) is 0.632. The first-order chi connectivity index (χ1) is 15.5. The van der Waals surface area contributed by atoms with E-state index >= 15 is 0 Å². The minimum Gasteiger partial charge on any atom is -0.348 e. The largest absolute Gasteiger partial charge is 0.348 e. The molecule has 10 heteroatoms. The molecule has 32 heavy (non-hydrogen) atoms. The fourth-order valence-electron chi connectivity index (χ4n) is 4.98. The monoisotopic (exact) mass is 438 g/mol. The lowest BCUT2D eigenvalue weighted by Crippen LogP contribution is -2.38. The summed E-state index contributed by atoms with van der Waals surface area (Å²) in [7, 11) is 0. The molecular weight excluding hydrogens is 412 g/mol. The second kappa shape index (κ2) is 8.33. The predicted molar refractivity (Wildman–Crippen MR) is 116 cm³/mol. The third kappa shape index (κ3) is 3.53. The molecular formula is C22H26N6O4. The highest BCUT2D eigenvalue weighted by Gasteiger charge is 2.27. The van der Waals surface area contributed by atoms with Gasteiger partial charge < -0.3 is 10.6 Å². The van der Waals surface area contributed by atoms with Crippen LogP contribution in [0, 0.1) is 0 Å². The van der Waals surface area contributed by atoms with Gasteiger partial charge in [-0.05, 0) is 25.7 Å². The summed E-state index contributed by atoms with van der Waals surface area (Å²) in [5.41, 5.74) is -1.58. The SMILES string of the molecule is O=C(NC1CCCCC1)c1ncn2c(=O)c3c(C(=O)NC4CCCCC4)ncn3c(=O)c12. The van der Waals surface area contributed by atoms with Gasteiger partial charge in [0.1, 0.15) is 23.7 Å². The zero-order chi connectivity index (χ0) is 22.2. The maximum atomic E-state index is 13.2. The van der Waals surface area contributed by atoms with Crippen LogP contribution in [-0.4, -0.2) is 42.7 Å². The molecule has 2 aliphatic rings. The summed E-state index contributed by atoms with van der Waals surface area (Å²) < 4.78 is 2.10. The molecule has 3 aromatic heterocycles. The van der Waals surface area contributed by atoms with E-state index in [1.807, 2.05) is 0 Å². The van der Waals surface area contributed by atoms with E-state index in [0.717, 1.165) is 73.0 Å². The van der Waals surface area contributed by atoms with Crippen molar-refractivity contribution in [3.8, 4) is 0 Å². The molecule has 2 saturated carbocycles. The van der Waals surface area contributed by atoms with Crippen LogP contribution in [0.2, 0.25) is 0 Å². The smallest absolute Gasteiger partial charge is 0.283 e. The number of imidazole rings is 2. The maximum Gasteiger partial charge on any atom is 0.283 e. The molecule has 0 aliphatic heterocycles. The van der Waals surface area contributed by atoms with Crippen molar-refractivity contribution in [3.63, 3.8) is 0 Å². The van der Waals surface area contributed by atoms with Crippen molar-refractivity contribution >= 4 is 22.8 Å². The van der Waals surface area contributed by atoms with Crippen LogP contribution in [0.25, 0.3) is 11.0 Å². The van der Waals surface area contributed by atoms with E-state index in [2.05, 4.69) is 20.6 Å². The van der Waals surface area contributed by atoms with Crippen molar-refractivity contribution in [1.82, 2.24) is 29.4 Å². The second-order valence-electron chi connectivity index (χ2n) is 8.85. The summed E-state index contributed by atoms with van der Waals surface area (Å²) in [6.45, 7) is 0. The molecule has 0 aromatic carbocycles. The molecule has 2 amide bonds. The number of hydrogen-bond acceptors (Lipinski definition) is 6. The minimum absolute atomic E-state index is 0.0434.